The summed E-state index contributed by atoms with van der Waals surface area (Å²) in [7, 11) is 0. The van der Waals surface area contributed by atoms with Crippen molar-refractivity contribution in [1.29, 1.82) is 0 Å². The Morgan fingerprint density at radius 1 is 1.38 bits per heavy atom. The largest absolute Gasteiger partial charge is 0.480 e. The van der Waals surface area contributed by atoms with Crippen LogP contribution in [0.3, 0.4) is 0 Å². The van der Waals surface area contributed by atoms with Crippen molar-refractivity contribution in [2.24, 2.45) is 0 Å². The summed E-state index contributed by atoms with van der Waals surface area (Å²) >= 11 is 0. The number of carboxylic acid groups (broad SMARTS) is 1. The summed E-state index contributed by atoms with van der Waals surface area (Å²) in [5.41, 5.74) is 0.293. The minimum Gasteiger partial charge on any atom is -0.480 e. The molecule has 1 unspecified atom stereocenters. The SMILES string of the molecule is CC(O)[C@H](NC(=O)c1ccncc1)C(=O)O. The molecule has 1 aromatic rings. The van der Waals surface area contributed by atoms with E-state index in [1.807, 2.05) is 0 Å². The van der Waals surface area contributed by atoms with Crippen LogP contribution in [-0.4, -0.2) is 39.2 Å². The molecular formula is C10H12N2O4. The van der Waals surface area contributed by atoms with Gasteiger partial charge < -0.3 is 15.5 Å². The van der Waals surface area contributed by atoms with E-state index in [0.717, 1.165) is 0 Å². The molecular weight excluding hydrogens is 212 g/mol. The zero-order valence-corrected chi connectivity index (χ0v) is 8.62. The van der Waals surface area contributed by atoms with Crippen LogP contribution in [0.25, 0.3) is 0 Å². The lowest BCUT2D eigenvalue weighted by molar-refractivity contribution is -0.141. The summed E-state index contributed by atoms with van der Waals surface area (Å²) in [6.45, 7) is 1.30. The number of amides is 1. The maximum absolute atomic E-state index is 11.6. The summed E-state index contributed by atoms with van der Waals surface area (Å²) < 4.78 is 0. The van der Waals surface area contributed by atoms with E-state index in [2.05, 4.69) is 10.3 Å². The smallest absolute Gasteiger partial charge is 0.328 e. The molecule has 0 aliphatic heterocycles. The van der Waals surface area contributed by atoms with Gasteiger partial charge in [-0.1, -0.05) is 0 Å². The highest BCUT2D eigenvalue weighted by molar-refractivity contribution is 5.96. The third-order valence-electron chi connectivity index (χ3n) is 1.98. The second-order valence-corrected chi connectivity index (χ2v) is 3.27. The molecule has 0 aliphatic carbocycles. The zero-order chi connectivity index (χ0) is 12.1. The molecule has 1 aromatic heterocycles. The maximum Gasteiger partial charge on any atom is 0.328 e. The predicted molar refractivity (Wildman–Crippen MR) is 54.8 cm³/mol. The Bertz CT molecular complexity index is 378. The van der Waals surface area contributed by atoms with Crippen molar-refractivity contribution >= 4 is 11.9 Å². The Kier molecular flexibility index (Phi) is 3.96. The molecule has 86 valence electrons. The standard InChI is InChI=1S/C10H12N2O4/c1-6(13)8(10(15)16)12-9(14)7-2-4-11-5-3-7/h2-6,8,13H,1H3,(H,12,14)(H,15,16)/t6?,8-/m0/s1. The first kappa shape index (κ1) is 12.1. The first-order chi connectivity index (χ1) is 7.52. The molecule has 6 nitrogen and oxygen atoms in total. The van der Waals surface area contributed by atoms with Gasteiger partial charge in [-0.25, -0.2) is 4.79 Å². The fourth-order valence-corrected chi connectivity index (χ4v) is 1.12. The molecule has 0 bridgehead atoms. The van der Waals surface area contributed by atoms with Crippen LogP contribution in [0.5, 0.6) is 0 Å². The minimum absolute atomic E-state index is 0.293. The molecule has 3 N–H and O–H groups in total. The van der Waals surface area contributed by atoms with Gasteiger partial charge in [-0.3, -0.25) is 9.78 Å². The number of carbonyl (C=O) groups excluding carboxylic acids is 1. The Morgan fingerprint density at radius 2 is 1.94 bits per heavy atom. The van der Waals surface area contributed by atoms with Gasteiger partial charge in [0, 0.05) is 18.0 Å². The number of carboxylic acids is 1. The fraction of sp³-hybridized carbons (Fsp3) is 0.300. The summed E-state index contributed by atoms with van der Waals surface area (Å²) in [5, 5.41) is 20.1. The van der Waals surface area contributed by atoms with E-state index in [-0.39, 0.29) is 0 Å². The molecule has 0 aromatic carbocycles. The molecule has 0 aliphatic rings. The predicted octanol–water partition coefficient (Wildman–Crippen LogP) is -0.355. The van der Waals surface area contributed by atoms with Crippen molar-refractivity contribution in [2.45, 2.75) is 19.1 Å². The zero-order valence-electron chi connectivity index (χ0n) is 8.62. The average molecular weight is 224 g/mol. The Labute approximate surface area is 91.9 Å². The van der Waals surface area contributed by atoms with Gasteiger partial charge in [-0.05, 0) is 19.1 Å². The van der Waals surface area contributed by atoms with Crippen LogP contribution in [0.2, 0.25) is 0 Å². The Balaban J connectivity index is 2.74. The molecule has 0 saturated carbocycles. The monoisotopic (exact) mass is 224 g/mol. The Morgan fingerprint density at radius 3 is 2.38 bits per heavy atom. The first-order valence-corrected chi connectivity index (χ1v) is 4.64. The van der Waals surface area contributed by atoms with Gasteiger partial charge in [0.15, 0.2) is 6.04 Å². The van der Waals surface area contributed by atoms with Crippen molar-refractivity contribution in [3.05, 3.63) is 30.1 Å². The number of nitrogens with zero attached hydrogens (tertiary/aromatic N) is 1. The lowest BCUT2D eigenvalue weighted by Gasteiger charge is -2.16. The first-order valence-electron chi connectivity index (χ1n) is 4.64. The van der Waals surface area contributed by atoms with Crippen LogP contribution in [0.1, 0.15) is 17.3 Å². The number of rotatable bonds is 4. The Hall–Kier alpha value is -1.95. The van der Waals surface area contributed by atoms with Gasteiger partial charge >= 0.3 is 5.97 Å². The number of nitrogens with one attached hydrogen (secondary N) is 1. The molecule has 0 fully saturated rings. The normalized spacial score (nSPS) is 13.9. The molecule has 1 amide bonds. The molecule has 6 heteroatoms. The van der Waals surface area contributed by atoms with Crippen LogP contribution in [0, 0.1) is 0 Å². The molecule has 16 heavy (non-hydrogen) atoms. The van der Waals surface area contributed by atoms with E-state index in [9.17, 15) is 14.7 Å². The van der Waals surface area contributed by atoms with E-state index >= 15 is 0 Å². The van der Waals surface area contributed by atoms with Gasteiger partial charge in [-0.15, -0.1) is 0 Å². The number of carbonyl (C=O) groups is 2. The lowest BCUT2D eigenvalue weighted by Crippen LogP contribution is -2.47. The van der Waals surface area contributed by atoms with E-state index in [0.29, 0.717) is 5.56 Å². The summed E-state index contributed by atoms with van der Waals surface area (Å²) in [6.07, 6.45) is 1.68. The number of aliphatic hydroxyl groups is 1. The molecule has 0 saturated heterocycles. The third kappa shape index (κ3) is 3.03. The fourth-order valence-electron chi connectivity index (χ4n) is 1.12. The van der Waals surface area contributed by atoms with Crippen molar-refractivity contribution in [2.75, 3.05) is 0 Å². The summed E-state index contributed by atoms with van der Waals surface area (Å²) in [4.78, 5) is 26.0. The van der Waals surface area contributed by atoms with E-state index in [1.54, 1.807) is 0 Å². The average Bonchev–Trinajstić information content (AvgIpc) is 2.25. The lowest BCUT2D eigenvalue weighted by atomic mass is 10.1. The molecule has 0 spiro atoms. The van der Waals surface area contributed by atoms with E-state index in [4.69, 9.17) is 5.11 Å². The van der Waals surface area contributed by atoms with Crippen LogP contribution < -0.4 is 5.32 Å². The molecule has 2 atom stereocenters. The third-order valence-corrected chi connectivity index (χ3v) is 1.98. The van der Waals surface area contributed by atoms with Crippen molar-refractivity contribution in [3.63, 3.8) is 0 Å². The van der Waals surface area contributed by atoms with E-state index in [1.165, 1.54) is 31.5 Å². The van der Waals surface area contributed by atoms with Crippen molar-refractivity contribution < 1.29 is 19.8 Å². The number of aliphatic carboxylic acids is 1. The van der Waals surface area contributed by atoms with Crippen LogP contribution >= 0.6 is 0 Å². The number of hydrogen-bond donors (Lipinski definition) is 3. The van der Waals surface area contributed by atoms with E-state index < -0.39 is 24.0 Å². The van der Waals surface area contributed by atoms with Gasteiger partial charge in [0.1, 0.15) is 0 Å². The van der Waals surface area contributed by atoms with Gasteiger partial charge in [0.25, 0.3) is 5.91 Å². The number of pyridine rings is 1. The van der Waals surface area contributed by atoms with Gasteiger partial charge in [0.05, 0.1) is 6.10 Å². The molecule has 0 radical (unpaired) electrons. The van der Waals surface area contributed by atoms with Crippen molar-refractivity contribution in [3.8, 4) is 0 Å². The van der Waals surface area contributed by atoms with Crippen LogP contribution in [-0.2, 0) is 4.79 Å². The van der Waals surface area contributed by atoms with Crippen molar-refractivity contribution in [1.82, 2.24) is 10.3 Å². The quantitative estimate of drug-likeness (QED) is 0.649. The highest BCUT2D eigenvalue weighted by atomic mass is 16.4. The molecule has 1 rings (SSSR count). The molecule has 1 heterocycles. The topological polar surface area (TPSA) is 99.5 Å². The maximum atomic E-state index is 11.6. The van der Waals surface area contributed by atoms with Crippen LogP contribution in [0.15, 0.2) is 24.5 Å². The highest BCUT2D eigenvalue weighted by Crippen LogP contribution is 1.99. The van der Waals surface area contributed by atoms with Gasteiger partial charge in [0.2, 0.25) is 0 Å². The second-order valence-electron chi connectivity index (χ2n) is 3.27. The second kappa shape index (κ2) is 5.22. The van der Waals surface area contributed by atoms with Crippen LogP contribution in [0.4, 0.5) is 0 Å². The highest BCUT2D eigenvalue weighted by Gasteiger charge is 2.25. The summed E-state index contributed by atoms with van der Waals surface area (Å²) in [6, 6.07) is 1.59. The van der Waals surface area contributed by atoms with Gasteiger partial charge in [-0.2, -0.15) is 0 Å². The minimum atomic E-state index is -1.32. The number of hydrogen-bond acceptors (Lipinski definition) is 4. The number of aliphatic hydroxyl groups excluding tert-OH is 1. The summed E-state index contributed by atoms with van der Waals surface area (Å²) in [5.74, 6) is -1.84. The number of aromatic nitrogens is 1.